The van der Waals surface area contributed by atoms with Crippen molar-refractivity contribution in [2.24, 2.45) is 5.73 Å². The first-order valence-electron chi connectivity index (χ1n) is 6.00. The molecule has 1 aromatic carbocycles. The molecule has 0 aliphatic heterocycles. The summed E-state index contributed by atoms with van der Waals surface area (Å²) in [5.74, 6) is 1.85. The molecule has 0 saturated heterocycles. The Bertz CT molecular complexity index is 401. The van der Waals surface area contributed by atoms with Crippen LogP contribution in [0.1, 0.15) is 19.4 Å². The Morgan fingerprint density at radius 1 is 1.33 bits per heavy atom. The van der Waals surface area contributed by atoms with Gasteiger partial charge in [-0.25, -0.2) is 0 Å². The molecule has 2 N–H and O–H groups in total. The molecule has 0 spiro atoms. The molecule has 0 aromatic heterocycles. The summed E-state index contributed by atoms with van der Waals surface area (Å²) in [4.78, 5) is 1.12. The first kappa shape index (κ1) is 14.9. The number of hydrogen-bond donors (Lipinski definition) is 1. The van der Waals surface area contributed by atoms with E-state index < -0.39 is 0 Å². The topological polar surface area (TPSA) is 44.5 Å². The van der Waals surface area contributed by atoms with Crippen LogP contribution in [0.5, 0.6) is 5.75 Å². The minimum Gasteiger partial charge on any atom is -0.491 e. The fourth-order valence-corrected chi connectivity index (χ4v) is 2.35. The van der Waals surface area contributed by atoms with Gasteiger partial charge < -0.3 is 15.2 Å². The van der Waals surface area contributed by atoms with Crippen molar-refractivity contribution in [2.45, 2.75) is 13.8 Å². The van der Waals surface area contributed by atoms with E-state index >= 15 is 0 Å². The van der Waals surface area contributed by atoms with Crippen LogP contribution in [-0.4, -0.2) is 26.1 Å². The van der Waals surface area contributed by atoms with E-state index in [1.807, 2.05) is 25.1 Å². The van der Waals surface area contributed by atoms with Gasteiger partial charge in [0.05, 0.1) is 6.61 Å². The molecule has 0 saturated carbocycles. The van der Waals surface area contributed by atoms with Crippen molar-refractivity contribution < 1.29 is 9.47 Å². The van der Waals surface area contributed by atoms with Crippen molar-refractivity contribution in [3.8, 4) is 5.75 Å². The van der Waals surface area contributed by atoms with Crippen LogP contribution in [0, 0.1) is 0 Å². The molecule has 1 rings (SSSR count). The number of ether oxygens (including phenoxy) is 2. The van der Waals surface area contributed by atoms with Gasteiger partial charge in [0.25, 0.3) is 0 Å². The predicted molar refractivity (Wildman–Crippen MR) is 78.7 cm³/mol. The van der Waals surface area contributed by atoms with E-state index in [1.54, 1.807) is 18.9 Å². The number of nitrogens with two attached hydrogens (primary N) is 1. The van der Waals surface area contributed by atoms with Crippen molar-refractivity contribution in [3.63, 3.8) is 0 Å². The highest BCUT2D eigenvalue weighted by Crippen LogP contribution is 2.30. The molecule has 0 radical (unpaired) electrons. The summed E-state index contributed by atoms with van der Waals surface area (Å²) < 4.78 is 10.6. The standard InChI is InChI=1S/C14H21NO2S/c1-4-18-14(11(2)15)12-6-5-7-13(10-12)17-9-8-16-3/h5-7,10H,4,8-9,15H2,1-3H3/b14-11-. The first-order chi connectivity index (χ1) is 8.69. The molecular formula is C14H21NO2S. The highest BCUT2D eigenvalue weighted by atomic mass is 32.2. The average Bonchev–Trinajstić information content (AvgIpc) is 2.36. The first-order valence-corrected chi connectivity index (χ1v) is 6.99. The maximum atomic E-state index is 5.92. The monoisotopic (exact) mass is 267 g/mol. The van der Waals surface area contributed by atoms with Gasteiger partial charge in [0.1, 0.15) is 12.4 Å². The number of benzene rings is 1. The Kier molecular flexibility index (Phi) is 6.68. The third-order valence-corrected chi connectivity index (χ3v) is 3.43. The summed E-state index contributed by atoms with van der Waals surface area (Å²) in [5, 5.41) is 0. The second-order valence-electron chi connectivity index (χ2n) is 3.81. The molecule has 100 valence electrons. The van der Waals surface area contributed by atoms with Gasteiger partial charge in [0.15, 0.2) is 0 Å². The van der Waals surface area contributed by atoms with Gasteiger partial charge >= 0.3 is 0 Å². The second-order valence-corrected chi connectivity index (χ2v) is 5.09. The van der Waals surface area contributed by atoms with Crippen molar-refractivity contribution in [1.29, 1.82) is 0 Å². The van der Waals surface area contributed by atoms with Crippen molar-refractivity contribution in [2.75, 3.05) is 26.1 Å². The maximum Gasteiger partial charge on any atom is 0.120 e. The van der Waals surface area contributed by atoms with Crippen molar-refractivity contribution in [1.82, 2.24) is 0 Å². The predicted octanol–water partition coefficient (Wildman–Crippen LogP) is 3.11. The third kappa shape index (κ3) is 4.63. The lowest BCUT2D eigenvalue weighted by Gasteiger charge is -2.11. The van der Waals surface area contributed by atoms with E-state index in [1.165, 1.54) is 0 Å². The Hall–Kier alpha value is -1.13. The van der Waals surface area contributed by atoms with Gasteiger partial charge in [0.2, 0.25) is 0 Å². The largest absolute Gasteiger partial charge is 0.491 e. The SMILES string of the molecule is CCS/C(=C(/C)N)c1cccc(OCCOC)c1. The van der Waals surface area contributed by atoms with Crippen LogP contribution in [0.3, 0.4) is 0 Å². The van der Waals surface area contributed by atoms with Gasteiger partial charge in [0, 0.05) is 17.7 Å². The molecule has 4 heteroatoms. The maximum absolute atomic E-state index is 5.92. The summed E-state index contributed by atoms with van der Waals surface area (Å²) >= 11 is 1.75. The van der Waals surface area contributed by atoms with Crippen molar-refractivity contribution in [3.05, 3.63) is 35.5 Å². The summed E-state index contributed by atoms with van der Waals surface area (Å²) in [6.07, 6.45) is 0. The van der Waals surface area contributed by atoms with Gasteiger partial charge in [-0.1, -0.05) is 19.1 Å². The highest BCUT2D eigenvalue weighted by Gasteiger charge is 2.05. The third-order valence-electron chi connectivity index (χ3n) is 2.30. The fourth-order valence-electron chi connectivity index (χ4n) is 1.54. The molecule has 0 aliphatic carbocycles. The molecule has 0 heterocycles. The van der Waals surface area contributed by atoms with Gasteiger partial charge in [-0.15, -0.1) is 11.8 Å². The summed E-state index contributed by atoms with van der Waals surface area (Å²) in [6, 6.07) is 8.00. The van der Waals surface area contributed by atoms with E-state index in [9.17, 15) is 0 Å². The van der Waals surface area contributed by atoms with Crippen LogP contribution < -0.4 is 10.5 Å². The van der Waals surface area contributed by atoms with E-state index in [0.29, 0.717) is 13.2 Å². The molecule has 1 aromatic rings. The molecule has 3 nitrogen and oxygen atoms in total. The number of thioether (sulfide) groups is 1. The Labute approximate surface area is 113 Å². The van der Waals surface area contributed by atoms with Crippen LogP contribution in [0.2, 0.25) is 0 Å². The molecule has 0 bridgehead atoms. The number of hydrogen-bond acceptors (Lipinski definition) is 4. The van der Waals surface area contributed by atoms with Crippen LogP contribution in [0.4, 0.5) is 0 Å². The molecule has 18 heavy (non-hydrogen) atoms. The van der Waals surface area contributed by atoms with E-state index in [2.05, 4.69) is 13.0 Å². The Morgan fingerprint density at radius 3 is 2.72 bits per heavy atom. The fraction of sp³-hybridized carbons (Fsp3) is 0.429. The molecule has 0 amide bonds. The quantitative estimate of drug-likeness (QED) is 0.771. The van der Waals surface area contributed by atoms with Crippen LogP contribution in [-0.2, 0) is 4.74 Å². The Morgan fingerprint density at radius 2 is 2.11 bits per heavy atom. The zero-order valence-electron chi connectivity index (χ0n) is 11.2. The van der Waals surface area contributed by atoms with Gasteiger partial charge in [-0.2, -0.15) is 0 Å². The lowest BCUT2D eigenvalue weighted by molar-refractivity contribution is 0.146. The minimum absolute atomic E-state index is 0.557. The van der Waals surface area contributed by atoms with Crippen LogP contribution in [0.15, 0.2) is 30.0 Å². The molecule has 0 atom stereocenters. The molecule has 0 aliphatic rings. The van der Waals surface area contributed by atoms with Crippen molar-refractivity contribution >= 4 is 16.7 Å². The lowest BCUT2D eigenvalue weighted by Crippen LogP contribution is -2.04. The summed E-state index contributed by atoms with van der Waals surface area (Å²) in [7, 11) is 1.66. The summed E-state index contributed by atoms with van der Waals surface area (Å²) in [6.45, 7) is 5.19. The normalized spacial score (nSPS) is 12.2. The highest BCUT2D eigenvalue weighted by molar-refractivity contribution is 8.08. The Balaban J connectivity index is 2.83. The van der Waals surface area contributed by atoms with Crippen LogP contribution in [0.25, 0.3) is 4.91 Å². The average molecular weight is 267 g/mol. The van der Waals surface area contributed by atoms with E-state index in [4.69, 9.17) is 15.2 Å². The zero-order valence-corrected chi connectivity index (χ0v) is 12.0. The van der Waals surface area contributed by atoms with Gasteiger partial charge in [-0.3, -0.25) is 0 Å². The molecule has 0 unspecified atom stereocenters. The molecule has 0 fully saturated rings. The lowest BCUT2D eigenvalue weighted by atomic mass is 10.2. The smallest absolute Gasteiger partial charge is 0.120 e. The number of rotatable bonds is 7. The number of methoxy groups -OCH3 is 1. The van der Waals surface area contributed by atoms with Crippen LogP contribution >= 0.6 is 11.8 Å². The van der Waals surface area contributed by atoms with E-state index in [-0.39, 0.29) is 0 Å². The second kappa shape index (κ2) is 8.06. The summed E-state index contributed by atoms with van der Waals surface area (Å²) in [5.41, 5.74) is 7.88. The van der Waals surface area contributed by atoms with E-state index in [0.717, 1.165) is 27.7 Å². The minimum atomic E-state index is 0.557. The molecular weight excluding hydrogens is 246 g/mol. The van der Waals surface area contributed by atoms with Gasteiger partial charge in [-0.05, 0) is 30.4 Å². The zero-order chi connectivity index (χ0) is 13.4. The number of allylic oxidation sites excluding steroid dienone is 1.